The number of hydrogen-bond acceptors (Lipinski definition) is 4. The molecule has 0 bridgehead atoms. The fourth-order valence-electron chi connectivity index (χ4n) is 1.89. The summed E-state index contributed by atoms with van der Waals surface area (Å²) in [4.78, 5) is 36.6. The van der Waals surface area contributed by atoms with E-state index in [4.69, 9.17) is 0 Å². The van der Waals surface area contributed by atoms with Crippen molar-refractivity contribution in [3.63, 3.8) is 0 Å². The maximum absolute atomic E-state index is 12.0. The van der Waals surface area contributed by atoms with Gasteiger partial charge in [-0.05, 0) is 6.07 Å². The number of aryl methyl sites for hydroxylation is 1. The second-order valence-electron chi connectivity index (χ2n) is 4.34. The predicted octanol–water partition coefficient (Wildman–Crippen LogP) is -0.0853. The third kappa shape index (κ3) is 2.18. The second-order valence-corrected chi connectivity index (χ2v) is 4.34. The molecular formula is C12H12N6O2. The molecule has 8 nitrogen and oxygen atoms in total. The number of aromatic nitrogens is 5. The Morgan fingerprint density at radius 2 is 2.25 bits per heavy atom. The minimum atomic E-state index is -0.283. The summed E-state index contributed by atoms with van der Waals surface area (Å²) in [5.41, 5.74) is 1.67. The lowest BCUT2D eigenvalue weighted by atomic mass is 10.4. The summed E-state index contributed by atoms with van der Waals surface area (Å²) in [5, 5.41) is 2.67. The Labute approximate surface area is 112 Å². The van der Waals surface area contributed by atoms with Crippen LogP contribution in [0.4, 0.5) is 0 Å². The van der Waals surface area contributed by atoms with E-state index in [1.54, 1.807) is 12.4 Å². The van der Waals surface area contributed by atoms with Gasteiger partial charge in [0, 0.05) is 19.3 Å². The number of H-pyrrole nitrogens is 2. The van der Waals surface area contributed by atoms with Gasteiger partial charge in [0.1, 0.15) is 11.5 Å². The van der Waals surface area contributed by atoms with Gasteiger partial charge in [0.2, 0.25) is 0 Å². The highest BCUT2D eigenvalue weighted by atomic mass is 16.2. The van der Waals surface area contributed by atoms with Crippen molar-refractivity contribution in [3.8, 4) is 0 Å². The van der Waals surface area contributed by atoms with Crippen molar-refractivity contribution in [2.24, 2.45) is 7.05 Å². The van der Waals surface area contributed by atoms with Crippen LogP contribution in [0.1, 0.15) is 16.3 Å². The van der Waals surface area contributed by atoms with Gasteiger partial charge in [-0.3, -0.25) is 9.59 Å². The van der Waals surface area contributed by atoms with Crippen molar-refractivity contribution in [3.05, 3.63) is 46.5 Å². The maximum atomic E-state index is 12.0. The third-order valence-corrected chi connectivity index (χ3v) is 2.90. The molecule has 3 N–H and O–H groups in total. The number of hydrogen-bond donors (Lipinski definition) is 3. The minimum absolute atomic E-state index is 0.151. The number of fused-ring (bicyclic) bond motifs is 1. The molecule has 20 heavy (non-hydrogen) atoms. The highest BCUT2D eigenvalue weighted by molar-refractivity contribution is 5.96. The van der Waals surface area contributed by atoms with Crippen LogP contribution < -0.4 is 10.9 Å². The molecule has 0 spiro atoms. The molecule has 0 aliphatic rings. The first-order chi connectivity index (χ1) is 9.63. The average molecular weight is 272 g/mol. The normalized spacial score (nSPS) is 10.8. The molecule has 0 atom stereocenters. The number of carbonyl (C=O) groups is 1. The van der Waals surface area contributed by atoms with Gasteiger partial charge in [-0.15, -0.1) is 0 Å². The Morgan fingerprint density at radius 1 is 1.40 bits per heavy atom. The van der Waals surface area contributed by atoms with Crippen LogP contribution in [0.3, 0.4) is 0 Å². The largest absolute Gasteiger partial charge is 0.344 e. The molecular weight excluding hydrogens is 260 g/mol. The van der Waals surface area contributed by atoms with Crippen LogP contribution in [0.15, 0.2) is 29.5 Å². The minimum Gasteiger partial charge on any atom is -0.344 e. The second kappa shape index (κ2) is 4.65. The van der Waals surface area contributed by atoms with Crippen LogP contribution in [0.2, 0.25) is 0 Å². The Morgan fingerprint density at radius 3 is 3.00 bits per heavy atom. The lowest BCUT2D eigenvalue weighted by Gasteiger charge is -2.02. The molecule has 102 valence electrons. The summed E-state index contributed by atoms with van der Waals surface area (Å²) in [6.45, 7) is 0.151. The zero-order valence-corrected chi connectivity index (χ0v) is 10.7. The molecule has 0 saturated carbocycles. The molecule has 0 aliphatic carbocycles. The molecule has 1 amide bonds. The number of amides is 1. The van der Waals surface area contributed by atoms with E-state index in [2.05, 4.69) is 25.3 Å². The fraction of sp³-hybridized carbons (Fsp3) is 0.167. The molecule has 3 rings (SSSR count). The van der Waals surface area contributed by atoms with Gasteiger partial charge < -0.3 is 19.9 Å². The molecule has 8 heteroatoms. The highest BCUT2D eigenvalue weighted by Crippen LogP contribution is 2.12. The SMILES string of the molecule is Cn1cnc2[nH]c(C(=O)NCc3nccc(=O)[nH]3)cc21. The van der Waals surface area contributed by atoms with Crippen LogP contribution >= 0.6 is 0 Å². The maximum Gasteiger partial charge on any atom is 0.268 e. The smallest absolute Gasteiger partial charge is 0.268 e. The predicted molar refractivity (Wildman–Crippen MR) is 71.1 cm³/mol. The summed E-state index contributed by atoms with van der Waals surface area (Å²) < 4.78 is 1.82. The number of nitrogens with one attached hydrogen (secondary N) is 3. The quantitative estimate of drug-likeness (QED) is 0.619. The van der Waals surface area contributed by atoms with Gasteiger partial charge in [-0.25, -0.2) is 9.97 Å². The van der Waals surface area contributed by atoms with Crippen molar-refractivity contribution in [1.82, 2.24) is 29.8 Å². The van der Waals surface area contributed by atoms with Crippen molar-refractivity contribution in [2.75, 3.05) is 0 Å². The summed E-state index contributed by atoms with van der Waals surface area (Å²) >= 11 is 0. The van der Waals surface area contributed by atoms with Crippen molar-refractivity contribution >= 4 is 17.1 Å². The van der Waals surface area contributed by atoms with Crippen molar-refractivity contribution < 1.29 is 4.79 Å². The van der Waals surface area contributed by atoms with E-state index in [1.165, 1.54) is 12.3 Å². The topological polar surface area (TPSA) is 108 Å². The molecule has 0 unspecified atom stereocenters. The van der Waals surface area contributed by atoms with E-state index in [0.29, 0.717) is 17.2 Å². The number of aromatic amines is 2. The van der Waals surface area contributed by atoms with Crippen molar-refractivity contribution in [1.29, 1.82) is 0 Å². The van der Waals surface area contributed by atoms with E-state index >= 15 is 0 Å². The first kappa shape index (κ1) is 12.2. The van der Waals surface area contributed by atoms with Gasteiger partial charge in [0.25, 0.3) is 11.5 Å². The molecule has 0 aliphatic heterocycles. The molecule has 0 aromatic carbocycles. The number of imidazole rings is 1. The molecule has 3 heterocycles. The zero-order valence-electron chi connectivity index (χ0n) is 10.7. The van der Waals surface area contributed by atoms with E-state index in [-0.39, 0.29) is 18.0 Å². The van der Waals surface area contributed by atoms with Gasteiger partial charge in [-0.1, -0.05) is 0 Å². The summed E-state index contributed by atoms with van der Waals surface area (Å²) in [6, 6.07) is 3.04. The lowest BCUT2D eigenvalue weighted by Crippen LogP contribution is -2.25. The summed E-state index contributed by atoms with van der Waals surface area (Å²) in [7, 11) is 1.85. The Bertz CT molecular complexity index is 828. The standard InChI is InChI=1S/C12H12N6O2/c1-18-6-15-11-8(18)4-7(16-11)12(20)14-5-9-13-3-2-10(19)17-9/h2-4,6,16H,5H2,1H3,(H,14,20)(H,13,17,19). The van der Waals surface area contributed by atoms with Gasteiger partial charge in [0.15, 0.2) is 5.65 Å². The number of carbonyl (C=O) groups excluding carboxylic acids is 1. The van der Waals surface area contributed by atoms with Gasteiger partial charge in [0.05, 0.1) is 18.4 Å². The molecule has 0 fully saturated rings. The first-order valence-corrected chi connectivity index (χ1v) is 5.96. The lowest BCUT2D eigenvalue weighted by molar-refractivity contribution is 0.0945. The van der Waals surface area contributed by atoms with Gasteiger partial charge in [-0.2, -0.15) is 0 Å². The van der Waals surface area contributed by atoms with Gasteiger partial charge >= 0.3 is 0 Å². The Kier molecular flexibility index (Phi) is 2.82. The highest BCUT2D eigenvalue weighted by Gasteiger charge is 2.12. The number of nitrogens with zero attached hydrogens (tertiary/aromatic N) is 3. The summed E-state index contributed by atoms with van der Waals surface area (Å²) in [6.07, 6.45) is 3.06. The Hall–Kier alpha value is -2.90. The molecule has 0 saturated heterocycles. The van der Waals surface area contributed by atoms with E-state index in [9.17, 15) is 9.59 Å². The third-order valence-electron chi connectivity index (χ3n) is 2.90. The number of rotatable bonds is 3. The Balaban J connectivity index is 1.74. The van der Waals surface area contributed by atoms with E-state index in [0.717, 1.165) is 5.52 Å². The van der Waals surface area contributed by atoms with E-state index < -0.39 is 0 Å². The molecule has 3 aromatic heterocycles. The molecule has 3 aromatic rings. The van der Waals surface area contributed by atoms with Crippen LogP contribution in [0, 0.1) is 0 Å². The van der Waals surface area contributed by atoms with E-state index in [1.807, 2.05) is 11.6 Å². The average Bonchev–Trinajstić information content (AvgIpc) is 2.99. The van der Waals surface area contributed by atoms with Crippen molar-refractivity contribution in [2.45, 2.75) is 6.54 Å². The zero-order chi connectivity index (χ0) is 14.1. The first-order valence-electron chi connectivity index (χ1n) is 5.96. The fourth-order valence-corrected chi connectivity index (χ4v) is 1.89. The monoisotopic (exact) mass is 272 g/mol. The van der Waals surface area contributed by atoms with Crippen LogP contribution in [-0.2, 0) is 13.6 Å². The molecule has 0 radical (unpaired) electrons. The summed E-state index contributed by atoms with van der Waals surface area (Å²) in [5.74, 6) is 0.120. The van der Waals surface area contributed by atoms with Crippen LogP contribution in [0.5, 0.6) is 0 Å². The van der Waals surface area contributed by atoms with Crippen LogP contribution in [0.25, 0.3) is 11.2 Å². The van der Waals surface area contributed by atoms with Crippen LogP contribution in [-0.4, -0.2) is 30.4 Å².